The number of nitrogens with zero attached hydrogens (tertiary/aromatic N) is 2. The van der Waals surface area contributed by atoms with Crippen molar-refractivity contribution >= 4 is 6.21 Å². The van der Waals surface area contributed by atoms with Gasteiger partial charge in [-0.15, -0.1) is 0 Å². The second kappa shape index (κ2) is 4.84. The van der Waals surface area contributed by atoms with Gasteiger partial charge in [-0.25, -0.2) is 0 Å². The van der Waals surface area contributed by atoms with Gasteiger partial charge in [0.2, 0.25) is 0 Å². The van der Waals surface area contributed by atoms with Crippen LogP contribution < -0.4 is 0 Å². The van der Waals surface area contributed by atoms with Gasteiger partial charge in [0.05, 0.1) is 5.69 Å². The Morgan fingerprint density at radius 1 is 1.16 bits per heavy atom. The lowest BCUT2D eigenvalue weighted by molar-refractivity contribution is 0.879. The Balaban J connectivity index is 2.05. The minimum Gasteiger partial charge on any atom is -0.282 e. The van der Waals surface area contributed by atoms with E-state index in [-0.39, 0.29) is 0 Å². The average molecular weight is 251 g/mol. The molecule has 1 aromatic heterocycles. The first-order chi connectivity index (χ1) is 9.25. The fraction of sp³-hybridized carbons (Fsp3) is 0.250. The van der Waals surface area contributed by atoms with E-state index in [9.17, 15) is 0 Å². The number of aromatic nitrogens is 2. The average Bonchev–Trinajstić information content (AvgIpc) is 2.82. The molecule has 0 saturated carbocycles. The van der Waals surface area contributed by atoms with E-state index >= 15 is 0 Å². The maximum Gasteiger partial charge on any atom is 0.0961 e. The molecule has 0 radical (unpaired) electrons. The number of aromatic amines is 1. The number of aliphatic imine (C=N–C) groups is 1. The lowest BCUT2D eigenvalue weighted by Crippen LogP contribution is -2.01. The Labute approximate surface area is 113 Å². The number of rotatable bonds is 2. The molecule has 0 saturated heterocycles. The first-order valence-electron chi connectivity index (χ1n) is 6.56. The smallest absolute Gasteiger partial charge is 0.0961 e. The molecule has 0 aliphatic carbocycles. The maximum atomic E-state index is 4.49. The normalized spacial score (nSPS) is 17.9. The van der Waals surface area contributed by atoms with Crippen LogP contribution in [-0.2, 0) is 0 Å². The molecule has 1 aliphatic heterocycles. The monoisotopic (exact) mass is 251 g/mol. The van der Waals surface area contributed by atoms with Crippen LogP contribution >= 0.6 is 0 Å². The quantitative estimate of drug-likeness (QED) is 0.867. The van der Waals surface area contributed by atoms with E-state index in [1.54, 1.807) is 0 Å². The van der Waals surface area contributed by atoms with Gasteiger partial charge in [0.1, 0.15) is 0 Å². The Hall–Kier alpha value is -2.16. The van der Waals surface area contributed by atoms with Crippen LogP contribution in [0.2, 0.25) is 0 Å². The first kappa shape index (κ1) is 11.9. The molecule has 2 heterocycles. The molecular formula is C16H17N3. The van der Waals surface area contributed by atoms with Crippen molar-refractivity contribution in [1.82, 2.24) is 10.2 Å². The van der Waals surface area contributed by atoms with E-state index in [1.807, 2.05) is 12.4 Å². The summed E-state index contributed by atoms with van der Waals surface area (Å²) < 4.78 is 0. The van der Waals surface area contributed by atoms with Crippen molar-refractivity contribution in [3.8, 4) is 11.3 Å². The Morgan fingerprint density at radius 2 is 1.95 bits per heavy atom. The van der Waals surface area contributed by atoms with E-state index < -0.39 is 0 Å². The maximum absolute atomic E-state index is 4.49. The summed E-state index contributed by atoms with van der Waals surface area (Å²) in [5.41, 5.74) is 5.91. The summed E-state index contributed by atoms with van der Waals surface area (Å²) in [7, 11) is 0. The van der Waals surface area contributed by atoms with Crippen LogP contribution in [0.3, 0.4) is 0 Å². The third-order valence-electron chi connectivity index (χ3n) is 3.56. The van der Waals surface area contributed by atoms with Crippen molar-refractivity contribution in [2.45, 2.75) is 26.2 Å². The molecule has 3 rings (SSSR count). The van der Waals surface area contributed by atoms with Gasteiger partial charge in [-0.3, -0.25) is 10.1 Å². The van der Waals surface area contributed by atoms with E-state index in [0.717, 1.165) is 17.8 Å². The van der Waals surface area contributed by atoms with Gasteiger partial charge >= 0.3 is 0 Å². The van der Waals surface area contributed by atoms with Crippen LogP contribution in [0.25, 0.3) is 11.3 Å². The van der Waals surface area contributed by atoms with Crippen molar-refractivity contribution in [3.05, 3.63) is 53.4 Å². The largest absolute Gasteiger partial charge is 0.282 e. The van der Waals surface area contributed by atoms with Crippen LogP contribution in [0.5, 0.6) is 0 Å². The predicted octanol–water partition coefficient (Wildman–Crippen LogP) is 3.77. The summed E-state index contributed by atoms with van der Waals surface area (Å²) in [6.45, 7) is 4.18. The fourth-order valence-corrected chi connectivity index (χ4v) is 2.50. The topological polar surface area (TPSA) is 41.0 Å². The Kier molecular flexibility index (Phi) is 3.03. The minimum absolute atomic E-state index is 0.368. The zero-order chi connectivity index (χ0) is 13.2. The molecule has 2 aromatic rings. The number of H-pyrrole nitrogens is 1. The molecule has 0 spiro atoms. The second-order valence-electron chi connectivity index (χ2n) is 4.99. The van der Waals surface area contributed by atoms with Crippen molar-refractivity contribution in [3.63, 3.8) is 0 Å². The fourth-order valence-electron chi connectivity index (χ4n) is 2.50. The lowest BCUT2D eigenvalue weighted by Gasteiger charge is -2.14. The summed E-state index contributed by atoms with van der Waals surface area (Å²) in [6, 6.07) is 8.52. The molecule has 3 nitrogen and oxygen atoms in total. The summed E-state index contributed by atoms with van der Waals surface area (Å²) in [5.74, 6) is 0.368. The molecule has 0 fully saturated rings. The molecule has 0 amide bonds. The third kappa shape index (κ3) is 2.24. The molecule has 1 aromatic carbocycles. The van der Waals surface area contributed by atoms with Crippen LogP contribution in [0.15, 0.2) is 41.5 Å². The van der Waals surface area contributed by atoms with Gasteiger partial charge in [-0.2, -0.15) is 5.10 Å². The molecule has 1 N–H and O–H groups in total. The SMILES string of the molecule is Cc1ccc(-c2n[nH]c(C)c2C2C=CN=CC2)cc1. The van der Waals surface area contributed by atoms with Crippen LogP contribution in [0.1, 0.15) is 29.2 Å². The number of hydrogen-bond acceptors (Lipinski definition) is 2. The van der Waals surface area contributed by atoms with Crippen molar-refractivity contribution in [2.24, 2.45) is 4.99 Å². The third-order valence-corrected chi connectivity index (χ3v) is 3.56. The lowest BCUT2D eigenvalue weighted by atomic mass is 9.91. The highest BCUT2D eigenvalue weighted by atomic mass is 15.1. The molecule has 0 bridgehead atoms. The van der Waals surface area contributed by atoms with Gasteiger partial charge in [0.15, 0.2) is 0 Å². The van der Waals surface area contributed by atoms with E-state index in [0.29, 0.717) is 5.92 Å². The van der Waals surface area contributed by atoms with Gasteiger partial charge < -0.3 is 0 Å². The summed E-state index contributed by atoms with van der Waals surface area (Å²) >= 11 is 0. The first-order valence-corrected chi connectivity index (χ1v) is 6.56. The Bertz CT molecular complexity index is 633. The van der Waals surface area contributed by atoms with Crippen molar-refractivity contribution in [1.29, 1.82) is 0 Å². The van der Waals surface area contributed by atoms with E-state index in [1.165, 1.54) is 16.7 Å². The van der Waals surface area contributed by atoms with Gasteiger partial charge in [0, 0.05) is 35.2 Å². The number of hydrogen-bond donors (Lipinski definition) is 1. The van der Waals surface area contributed by atoms with Crippen LogP contribution in [-0.4, -0.2) is 16.4 Å². The number of nitrogens with one attached hydrogen (secondary N) is 1. The second-order valence-corrected chi connectivity index (χ2v) is 4.99. The summed E-state index contributed by atoms with van der Waals surface area (Å²) in [6.07, 6.45) is 6.93. The molecule has 1 atom stereocenters. The van der Waals surface area contributed by atoms with Gasteiger partial charge in [-0.05, 0) is 20.3 Å². The Morgan fingerprint density at radius 3 is 2.63 bits per heavy atom. The van der Waals surface area contributed by atoms with Gasteiger partial charge in [0.25, 0.3) is 0 Å². The zero-order valence-electron chi connectivity index (χ0n) is 11.2. The number of allylic oxidation sites excluding steroid dienone is 1. The van der Waals surface area contributed by atoms with E-state index in [2.05, 4.69) is 59.4 Å². The van der Waals surface area contributed by atoms with E-state index in [4.69, 9.17) is 0 Å². The van der Waals surface area contributed by atoms with Crippen molar-refractivity contribution < 1.29 is 0 Å². The number of benzene rings is 1. The molecule has 1 unspecified atom stereocenters. The predicted molar refractivity (Wildman–Crippen MR) is 78.5 cm³/mol. The highest BCUT2D eigenvalue weighted by molar-refractivity contribution is 5.69. The number of aryl methyl sites for hydroxylation is 2. The molecular weight excluding hydrogens is 234 g/mol. The molecule has 1 aliphatic rings. The highest BCUT2D eigenvalue weighted by Gasteiger charge is 2.20. The standard InChI is InChI=1S/C16H17N3/c1-11-3-5-14(6-4-11)16-15(12(2)18-19-16)13-7-9-17-10-8-13/h3-7,9-10,13H,8H2,1-2H3,(H,18,19). The summed E-state index contributed by atoms with van der Waals surface area (Å²) in [4.78, 5) is 4.14. The molecule has 3 heteroatoms. The van der Waals surface area contributed by atoms with Crippen LogP contribution in [0, 0.1) is 13.8 Å². The minimum atomic E-state index is 0.368. The molecule has 19 heavy (non-hydrogen) atoms. The van der Waals surface area contributed by atoms with Gasteiger partial charge in [-0.1, -0.05) is 35.9 Å². The zero-order valence-corrected chi connectivity index (χ0v) is 11.2. The van der Waals surface area contributed by atoms with Crippen LogP contribution in [0.4, 0.5) is 0 Å². The molecule has 96 valence electrons. The van der Waals surface area contributed by atoms with Crippen molar-refractivity contribution in [2.75, 3.05) is 0 Å². The highest BCUT2D eigenvalue weighted by Crippen LogP contribution is 2.33. The summed E-state index contributed by atoms with van der Waals surface area (Å²) in [5, 5.41) is 7.61.